The van der Waals surface area contributed by atoms with Crippen LogP contribution in [0.15, 0.2) is 18.2 Å². The van der Waals surface area contributed by atoms with Crippen LogP contribution < -0.4 is 10.2 Å². The molecule has 0 radical (unpaired) electrons. The molecule has 0 aliphatic carbocycles. The number of carbonyl (C=O) groups excluding carboxylic acids is 1. The van der Waals surface area contributed by atoms with Crippen molar-refractivity contribution < 1.29 is 31.1 Å². The van der Waals surface area contributed by atoms with Crippen LogP contribution in [0.5, 0.6) is 0 Å². The molecule has 0 unspecified atom stereocenters. The Morgan fingerprint density at radius 2 is 1.73 bits per heavy atom. The summed E-state index contributed by atoms with van der Waals surface area (Å²) in [7, 11) is 3.19. The molecule has 33 heavy (non-hydrogen) atoms. The second-order valence-electron chi connectivity index (χ2n) is 7.58. The van der Waals surface area contributed by atoms with Gasteiger partial charge in [-0.25, -0.2) is 9.50 Å². The Balaban J connectivity index is 1.82. The van der Waals surface area contributed by atoms with Crippen molar-refractivity contribution in [1.29, 1.82) is 0 Å². The highest BCUT2D eigenvalue weighted by Crippen LogP contribution is 2.37. The second kappa shape index (κ2) is 8.52. The summed E-state index contributed by atoms with van der Waals surface area (Å²) >= 11 is 0. The van der Waals surface area contributed by atoms with E-state index in [2.05, 4.69) is 20.4 Å². The van der Waals surface area contributed by atoms with Crippen molar-refractivity contribution in [3.05, 3.63) is 46.5 Å². The van der Waals surface area contributed by atoms with E-state index in [-0.39, 0.29) is 24.3 Å². The molecule has 13 heteroatoms. The Labute approximate surface area is 184 Å². The van der Waals surface area contributed by atoms with Gasteiger partial charge in [0.15, 0.2) is 0 Å². The predicted octanol–water partition coefficient (Wildman–Crippen LogP) is 4.42. The Bertz CT molecular complexity index is 1200. The quantitative estimate of drug-likeness (QED) is 0.555. The van der Waals surface area contributed by atoms with Gasteiger partial charge in [-0.05, 0) is 44.0 Å². The van der Waals surface area contributed by atoms with Crippen LogP contribution in [0.1, 0.15) is 34.8 Å². The molecule has 0 bridgehead atoms. The van der Waals surface area contributed by atoms with Crippen molar-refractivity contribution >= 4 is 23.1 Å². The van der Waals surface area contributed by atoms with Crippen molar-refractivity contribution in [2.75, 3.05) is 24.3 Å². The number of aromatic nitrogens is 4. The van der Waals surface area contributed by atoms with Crippen molar-refractivity contribution in [2.45, 2.75) is 39.0 Å². The lowest BCUT2D eigenvalue weighted by Crippen LogP contribution is -2.19. The van der Waals surface area contributed by atoms with Crippen molar-refractivity contribution in [3.8, 4) is 0 Å². The summed E-state index contributed by atoms with van der Waals surface area (Å²) in [5.74, 6) is -2.26. The molecule has 3 aromatic rings. The fourth-order valence-electron chi connectivity index (χ4n) is 3.30. The van der Waals surface area contributed by atoms with Gasteiger partial charge in [0, 0.05) is 37.6 Å². The van der Waals surface area contributed by atoms with Gasteiger partial charge in [-0.15, -0.1) is 5.10 Å². The predicted molar refractivity (Wildman–Crippen MR) is 108 cm³/mol. The zero-order valence-corrected chi connectivity index (χ0v) is 18.1. The average molecular weight is 474 g/mol. The maximum atomic E-state index is 13.5. The van der Waals surface area contributed by atoms with Crippen LogP contribution in [0.4, 0.5) is 37.7 Å². The van der Waals surface area contributed by atoms with E-state index in [1.54, 1.807) is 21.0 Å². The van der Waals surface area contributed by atoms with E-state index in [1.807, 2.05) is 0 Å². The van der Waals surface area contributed by atoms with E-state index in [0.29, 0.717) is 22.6 Å². The minimum Gasteiger partial charge on any atom is -0.378 e. The molecule has 0 aliphatic heterocycles. The Morgan fingerprint density at radius 1 is 1.06 bits per heavy atom. The van der Waals surface area contributed by atoms with Gasteiger partial charge in [-0.1, -0.05) is 0 Å². The number of nitrogens with one attached hydrogen (secondary N) is 1. The van der Waals surface area contributed by atoms with E-state index in [9.17, 15) is 31.1 Å². The first-order chi connectivity index (χ1) is 15.2. The van der Waals surface area contributed by atoms with Crippen LogP contribution in [0.25, 0.3) is 5.78 Å². The van der Waals surface area contributed by atoms with Gasteiger partial charge in [0.25, 0.3) is 11.6 Å². The maximum absolute atomic E-state index is 13.5. The third-order valence-corrected chi connectivity index (χ3v) is 5.00. The largest absolute Gasteiger partial charge is 0.453 e. The molecule has 0 spiro atoms. The number of halogens is 6. The van der Waals surface area contributed by atoms with E-state index < -0.39 is 29.6 Å². The molecule has 178 valence electrons. The number of aryl methyl sites for hydroxylation is 2. The molecule has 3 rings (SSSR count). The lowest BCUT2D eigenvalue weighted by Gasteiger charge is -2.19. The molecule has 7 nitrogen and oxygen atoms in total. The number of anilines is 2. The number of alkyl halides is 6. The fraction of sp³-hybridized carbons (Fsp3) is 0.400. The van der Waals surface area contributed by atoms with Gasteiger partial charge >= 0.3 is 12.4 Å². The van der Waals surface area contributed by atoms with Crippen LogP contribution in [-0.2, 0) is 23.6 Å². The number of hydrogen-bond acceptors (Lipinski definition) is 5. The molecule has 0 aliphatic rings. The molecular weight excluding hydrogens is 454 g/mol. The van der Waals surface area contributed by atoms with Gasteiger partial charge in [0.2, 0.25) is 5.91 Å². The third-order valence-electron chi connectivity index (χ3n) is 5.00. The number of amides is 1. The average Bonchev–Trinajstić information content (AvgIpc) is 3.11. The molecule has 1 aromatic carbocycles. The van der Waals surface area contributed by atoms with Crippen LogP contribution in [-0.4, -0.2) is 39.6 Å². The number of nitrogens with zero attached hydrogens (tertiary/aromatic N) is 5. The Kier molecular flexibility index (Phi) is 6.27. The van der Waals surface area contributed by atoms with Crippen LogP contribution >= 0.6 is 0 Å². The highest BCUT2D eigenvalue weighted by atomic mass is 19.4. The van der Waals surface area contributed by atoms with Crippen molar-refractivity contribution in [3.63, 3.8) is 0 Å². The third kappa shape index (κ3) is 5.17. The van der Waals surface area contributed by atoms with Gasteiger partial charge in [0.1, 0.15) is 0 Å². The molecular formula is C20H20F6N6O. The summed E-state index contributed by atoms with van der Waals surface area (Å²) in [5.41, 5.74) is 0.0538. The number of benzene rings is 1. The second-order valence-corrected chi connectivity index (χ2v) is 7.58. The summed E-state index contributed by atoms with van der Waals surface area (Å²) < 4.78 is 80.0. The monoisotopic (exact) mass is 474 g/mol. The van der Waals surface area contributed by atoms with Crippen LogP contribution in [0, 0.1) is 13.8 Å². The normalized spacial score (nSPS) is 12.3. The number of carbonyl (C=O) groups is 1. The summed E-state index contributed by atoms with van der Waals surface area (Å²) in [6.45, 7) is 3.05. The first-order valence-corrected chi connectivity index (χ1v) is 9.67. The minimum atomic E-state index is -4.74. The smallest absolute Gasteiger partial charge is 0.378 e. The lowest BCUT2D eigenvalue weighted by molar-refractivity contribution is -0.144. The van der Waals surface area contributed by atoms with Crippen molar-refractivity contribution in [2.24, 2.45) is 0 Å². The zero-order chi connectivity index (χ0) is 24.7. The Hall–Kier alpha value is -3.38. The Morgan fingerprint density at radius 3 is 2.30 bits per heavy atom. The van der Waals surface area contributed by atoms with E-state index in [1.165, 1.54) is 24.0 Å². The lowest BCUT2D eigenvalue weighted by atomic mass is 10.1. The molecule has 0 saturated carbocycles. The van der Waals surface area contributed by atoms with Crippen LogP contribution in [0.3, 0.4) is 0 Å². The number of hydrogen-bond donors (Lipinski definition) is 1. The summed E-state index contributed by atoms with van der Waals surface area (Å²) in [6, 6.07) is 3.55. The molecule has 0 atom stereocenters. The van der Waals surface area contributed by atoms with Crippen molar-refractivity contribution in [1.82, 2.24) is 19.6 Å². The summed E-state index contributed by atoms with van der Waals surface area (Å²) in [4.78, 5) is 21.3. The SMILES string of the molecule is Cc1nc2nc(C(F)(F)F)nn2c(C)c1CCC(=O)Nc1ccc(N(C)C)cc1C(F)(F)F. The highest BCUT2D eigenvalue weighted by Gasteiger charge is 2.37. The number of rotatable bonds is 5. The minimum absolute atomic E-state index is 0.0325. The standard InChI is InChI=1S/C20H20F6N6O/c1-10-13(11(2)32-18(27-10)29-17(30-32)20(24,25)26)6-8-16(33)28-15-7-5-12(31(3)4)9-14(15)19(21,22)23/h5,7,9H,6,8H2,1-4H3,(H,28,33). The fourth-order valence-corrected chi connectivity index (χ4v) is 3.30. The topological polar surface area (TPSA) is 75.4 Å². The van der Waals surface area contributed by atoms with Crippen LogP contribution in [0.2, 0.25) is 0 Å². The van der Waals surface area contributed by atoms with Gasteiger partial charge in [-0.2, -0.15) is 31.3 Å². The molecule has 0 fully saturated rings. The first-order valence-electron chi connectivity index (χ1n) is 9.67. The van der Waals surface area contributed by atoms with E-state index >= 15 is 0 Å². The molecule has 2 heterocycles. The molecule has 1 N–H and O–H groups in total. The molecule has 0 saturated heterocycles. The van der Waals surface area contributed by atoms with Gasteiger partial charge in [0.05, 0.1) is 11.3 Å². The van der Waals surface area contributed by atoms with Gasteiger partial charge in [-0.3, -0.25) is 4.79 Å². The van der Waals surface area contributed by atoms with Gasteiger partial charge < -0.3 is 10.2 Å². The first kappa shape index (κ1) is 24.3. The van der Waals surface area contributed by atoms with E-state index in [4.69, 9.17) is 0 Å². The summed E-state index contributed by atoms with van der Waals surface area (Å²) in [5, 5.41) is 5.70. The summed E-state index contributed by atoms with van der Waals surface area (Å²) in [6.07, 6.45) is -9.61. The van der Waals surface area contributed by atoms with E-state index in [0.717, 1.165) is 10.6 Å². The number of fused-ring (bicyclic) bond motifs is 1. The zero-order valence-electron chi connectivity index (χ0n) is 18.1. The highest BCUT2D eigenvalue weighted by molar-refractivity contribution is 5.92. The molecule has 1 amide bonds. The molecule has 2 aromatic heterocycles. The maximum Gasteiger partial charge on any atom is 0.453 e.